The number of ether oxygens (including phenoxy) is 4. The highest BCUT2D eigenvalue weighted by molar-refractivity contribution is 5.84. The van der Waals surface area contributed by atoms with Crippen LogP contribution in [0.25, 0.3) is 22.4 Å². The summed E-state index contributed by atoms with van der Waals surface area (Å²) in [5, 5.41) is 57.0. The lowest BCUT2D eigenvalue weighted by Crippen LogP contribution is -2.60. The number of aliphatic hydroxyl groups excluding tert-OH is 4. The molecule has 3 aromatic rings. The number of aromatic amines is 1. The van der Waals surface area contributed by atoms with Gasteiger partial charge in [0.25, 0.3) is 0 Å². The summed E-state index contributed by atoms with van der Waals surface area (Å²) in [7, 11) is 0. The van der Waals surface area contributed by atoms with Crippen molar-refractivity contribution in [3.8, 4) is 45.4 Å². The molecule has 2 aliphatic rings. The highest BCUT2D eigenvalue weighted by Gasteiger charge is 2.44. The van der Waals surface area contributed by atoms with Crippen molar-refractivity contribution in [3.05, 3.63) is 42.6 Å². The molecule has 0 radical (unpaired) electrons. The predicted molar refractivity (Wildman–Crippen MR) is 117 cm³/mol. The minimum absolute atomic E-state index is 0.134. The zero-order valence-electron chi connectivity index (χ0n) is 17.9. The molecule has 0 spiro atoms. The number of aliphatic hydroxyl groups is 4. The fourth-order valence-corrected chi connectivity index (χ4v) is 4.02. The number of aromatic hydroxyl groups is 1. The molecule has 0 aliphatic carbocycles. The number of phenolic OH excluding ortho intramolecular Hbond substituents is 1. The smallest absolute Gasteiger partial charge is 0.229 e. The lowest BCUT2D eigenvalue weighted by molar-refractivity contribution is -0.277. The normalized spacial score (nSPS) is 26.3. The quantitative estimate of drug-likeness (QED) is 0.306. The third kappa shape index (κ3) is 4.04. The molecule has 2 aliphatic heterocycles. The number of aromatic nitrogens is 2. The molecule has 1 fully saturated rings. The summed E-state index contributed by atoms with van der Waals surface area (Å²) in [5.41, 5.74) is 2.56. The Hall–Kier alpha value is -3.35. The van der Waals surface area contributed by atoms with Gasteiger partial charge in [0.15, 0.2) is 11.5 Å². The van der Waals surface area contributed by atoms with E-state index in [0.717, 1.165) is 11.1 Å². The largest absolute Gasteiger partial charge is 0.507 e. The number of fused-ring (bicyclic) bond motifs is 1. The van der Waals surface area contributed by atoms with Crippen molar-refractivity contribution in [2.24, 2.45) is 0 Å². The molecule has 1 aromatic heterocycles. The van der Waals surface area contributed by atoms with E-state index in [1.165, 1.54) is 6.07 Å². The first-order chi connectivity index (χ1) is 16.5. The molecule has 0 bridgehead atoms. The molecule has 34 heavy (non-hydrogen) atoms. The Kier molecular flexibility index (Phi) is 6.02. The molecule has 11 heteroatoms. The van der Waals surface area contributed by atoms with Crippen LogP contribution in [0.5, 0.6) is 23.0 Å². The van der Waals surface area contributed by atoms with Gasteiger partial charge < -0.3 is 44.5 Å². The molecule has 5 rings (SSSR count). The zero-order valence-corrected chi connectivity index (χ0v) is 17.9. The van der Waals surface area contributed by atoms with Crippen LogP contribution >= 0.6 is 0 Å². The third-order valence-electron chi connectivity index (χ3n) is 5.83. The fraction of sp³-hybridized carbons (Fsp3) is 0.348. The van der Waals surface area contributed by atoms with Crippen LogP contribution in [0.2, 0.25) is 0 Å². The van der Waals surface area contributed by atoms with Gasteiger partial charge in [-0.1, -0.05) is 6.07 Å². The molecule has 6 N–H and O–H groups in total. The maximum atomic E-state index is 10.7. The van der Waals surface area contributed by atoms with E-state index >= 15 is 0 Å². The van der Waals surface area contributed by atoms with Crippen molar-refractivity contribution in [2.45, 2.75) is 30.7 Å². The van der Waals surface area contributed by atoms with Crippen LogP contribution in [0.1, 0.15) is 0 Å². The SMILES string of the molecule is OCC1OC(Oc2ccc(-c3[nH]ncc3-c3ccc4c(c3)OCCO4)c(O)c2)C(O)C(O)C1O. The van der Waals surface area contributed by atoms with Gasteiger partial charge in [0.2, 0.25) is 6.29 Å². The molecule has 5 atom stereocenters. The second kappa shape index (κ2) is 9.12. The number of rotatable bonds is 5. The van der Waals surface area contributed by atoms with Gasteiger partial charge in [-0.25, -0.2) is 0 Å². The van der Waals surface area contributed by atoms with E-state index < -0.39 is 37.3 Å². The van der Waals surface area contributed by atoms with Gasteiger partial charge in [-0.15, -0.1) is 0 Å². The van der Waals surface area contributed by atoms with Crippen LogP contribution in [-0.2, 0) is 4.74 Å². The van der Waals surface area contributed by atoms with Crippen molar-refractivity contribution in [3.63, 3.8) is 0 Å². The summed E-state index contributed by atoms with van der Waals surface area (Å²) in [6.45, 7) is 0.386. The molecule has 1 saturated heterocycles. The van der Waals surface area contributed by atoms with Crippen molar-refractivity contribution < 1.29 is 44.5 Å². The van der Waals surface area contributed by atoms with Crippen molar-refractivity contribution in [1.29, 1.82) is 0 Å². The number of hydrogen-bond donors (Lipinski definition) is 6. The van der Waals surface area contributed by atoms with Crippen molar-refractivity contribution in [1.82, 2.24) is 10.2 Å². The van der Waals surface area contributed by atoms with Crippen molar-refractivity contribution >= 4 is 0 Å². The number of hydrogen-bond acceptors (Lipinski definition) is 10. The van der Waals surface area contributed by atoms with Gasteiger partial charge in [-0.2, -0.15) is 5.10 Å². The van der Waals surface area contributed by atoms with E-state index in [4.69, 9.17) is 18.9 Å². The Morgan fingerprint density at radius 3 is 2.50 bits per heavy atom. The highest BCUT2D eigenvalue weighted by atomic mass is 16.7. The maximum absolute atomic E-state index is 10.7. The molecule has 5 unspecified atom stereocenters. The number of nitrogens with zero attached hydrogens (tertiary/aromatic N) is 1. The Labute approximate surface area is 193 Å². The van der Waals surface area contributed by atoms with Crippen LogP contribution in [-0.4, -0.2) is 86.3 Å². The zero-order chi connectivity index (χ0) is 23.8. The summed E-state index contributed by atoms with van der Waals surface area (Å²) in [6.07, 6.45) is -5.44. The number of phenols is 1. The van der Waals surface area contributed by atoms with Crippen molar-refractivity contribution in [2.75, 3.05) is 19.8 Å². The monoisotopic (exact) mass is 472 g/mol. The Balaban J connectivity index is 1.39. The molecular formula is C23H24N2O9. The average Bonchev–Trinajstić information content (AvgIpc) is 3.34. The topological polar surface area (TPSA) is 167 Å². The van der Waals surface area contributed by atoms with E-state index in [-0.39, 0.29) is 11.5 Å². The summed E-state index contributed by atoms with van der Waals surface area (Å²) in [5.74, 6) is 1.30. The average molecular weight is 472 g/mol. The summed E-state index contributed by atoms with van der Waals surface area (Å²) in [4.78, 5) is 0. The summed E-state index contributed by atoms with van der Waals surface area (Å²) < 4.78 is 22.1. The Morgan fingerprint density at radius 1 is 0.941 bits per heavy atom. The molecule has 180 valence electrons. The fourth-order valence-electron chi connectivity index (χ4n) is 4.02. The second-order valence-electron chi connectivity index (χ2n) is 8.01. The van der Waals surface area contributed by atoms with E-state index in [1.54, 1.807) is 18.3 Å². The highest BCUT2D eigenvalue weighted by Crippen LogP contribution is 2.40. The maximum Gasteiger partial charge on any atom is 0.229 e. The minimum Gasteiger partial charge on any atom is -0.507 e. The summed E-state index contributed by atoms with van der Waals surface area (Å²) in [6, 6.07) is 10.0. The molecular weight excluding hydrogens is 448 g/mol. The lowest BCUT2D eigenvalue weighted by atomic mass is 9.99. The molecule has 0 amide bonds. The second-order valence-corrected chi connectivity index (χ2v) is 8.01. The van der Waals surface area contributed by atoms with Crippen LogP contribution in [0, 0.1) is 0 Å². The van der Waals surface area contributed by atoms with Gasteiger partial charge in [-0.05, 0) is 29.8 Å². The first-order valence-corrected chi connectivity index (χ1v) is 10.7. The van der Waals surface area contributed by atoms with Crippen LogP contribution in [0.3, 0.4) is 0 Å². The van der Waals surface area contributed by atoms with Gasteiger partial charge in [0.05, 0.1) is 18.5 Å². The molecule has 11 nitrogen and oxygen atoms in total. The molecule has 3 heterocycles. The van der Waals surface area contributed by atoms with E-state index in [0.29, 0.717) is 36.0 Å². The third-order valence-corrected chi connectivity index (χ3v) is 5.83. The number of nitrogens with one attached hydrogen (secondary N) is 1. The number of benzene rings is 2. The standard InChI is InChI=1S/C23H24N2O9/c26-10-18-20(28)21(29)22(30)23(34-18)33-12-2-3-13(15(27)8-12)19-14(9-24-25-19)11-1-4-16-17(7-11)32-6-5-31-16/h1-4,7-9,18,20-23,26-30H,5-6,10H2,(H,24,25). The van der Waals surface area contributed by atoms with E-state index in [1.807, 2.05) is 18.2 Å². The van der Waals surface area contributed by atoms with Crippen LogP contribution < -0.4 is 14.2 Å². The number of H-pyrrole nitrogens is 1. The minimum atomic E-state index is -1.57. The Morgan fingerprint density at radius 2 is 1.74 bits per heavy atom. The first kappa shape index (κ1) is 22.4. The van der Waals surface area contributed by atoms with Crippen LogP contribution in [0.15, 0.2) is 42.6 Å². The molecule has 2 aromatic carbocycles. The Bertz CT molecular complexity index is 1170. The van der Waals surface area contributed by atoms with Gasteiger partial charge in [0.1, 0.15) is 49.1 Å². The van der Waals surface area contributed by atoms with Gasteiger partial charge >= 0.3 is 0 Å². The predicted octanol–water partition coefficient (Wildman–Crippen LogP) is 0.399. The van der Waals surface area contributed by atoms with Gasteiger partial charge in [-0.3, -0.25) is 5.10 Å². The summed E-state index contributed by atoms with van der Waals surface area (Å²) >= 11 is 0. The van der Waals surface area contributed by atoms with E-state index in [2.05, 4.69) is 10.2 Å². The van der Waals surface area contributed by atoms with Gasteiger partial charge in [0, 0.05) is 17.2 Å². The first-order valence-electron chi connectivity index (χ1n) is 10.7. The van der Waals surface area contributed by atoms with E-state index in [9.17, 15) is 25.5 Å². The van der Waals surface area contributed by atoms with Crippen LogP contribution in [0.4, 0.5) is 0 Å². The lowest BCUT2D eigenvalue weighted by Gasteiger charge is -2.39. The molecule has 0 saturated carbocycles.